The minimum Gasteiger partial charge on any atom is -0.496 e. The summed E-state index contributed by atoms with van der Waals surface area (Å²) in [5.74, 6) is -0.845. The zero-order chi connectivity index (χ0) is 17.3. The van der Waals surface area contributed by atoms with Crippen molar-refractivity contribution in [3.8, 4) is 11.5 Å². The molecule has 0 fully saturated rings. The van der Waals surface area contributed by atoms with Crippen LogP contribution in [0.15, 0.2) is 42.5 Å². The molecular formula is C17H14ClNO5. The van der Waals surface area contributed by atoms with Gasteiger partial charge in [0.1, 0.15) is 11.5 Å². The molecule has 0 bridgehead atoms. The van der Waals surface area contributed by atoms with Gasteiger partial charge in [-0.1, -0.05) is 23.7 Å². The van der Waals surface area contributed by atoms with Gasteiger partial charge in [-0.3, -0.25) is 4.79 Å². The van der Waals surface area contributed by atoms with Crippen LogP contribution in [-0.4, -0.2) is 36.7 Å². The SMILES string of the molecule is COc1ccc(Cl)cc1C(=O)N1CC(C(=O)O)Oc2ccccc21. The third-order valence-corrected chi connectivity index (χ3v) is 3.92. The van der Waals surface area contributed by atoms with E-state index in [9.17, 15) is 14.7 Å². The first-order valence-corrected chi connectivity index (χ1v) is 7.53. The van der Waals surface area contributed by atoms with Crippen LogP contribution < -0.4 is 14.4 Å². The van der Waals surface area contributed by atoms with Crippen molar-refractivity contribution >= 4 is 29.2 Å². The first-order chi connectivity index (χ1) is 11.5. The van der Waals surface area contributed by atoms with Gasteiger partial charge in [0.25, 0.3) is 5.91 Å². The highest BCUT2D eigenvalue weighted by Crippen LogP contribution is 2.35. The van der Waals surface area contributed by atoms with Gasteiger partial charge in [-0.2, -0.15) is 0 Å². The molecule has 1 N–H and O–H groups in total. The average Bonchev–Trinajstić information content (AvgIpc) is 2.60. The van der Waals surface area contributed by atoms with Crippen LogP contribution in [0.3, 0.4) is 0 Å². The molecule has 2 aromatic rings. The van der Waals surface area contributed by atoms with Crippen molar-refractivity contribution in [3.05, 3.63) is 53.1 Å². The van der Waals surface area contributed by atoms with Gasteiger partial charge < -0.3 is 19.5 Å². The van der Waals surface area contributed by atoms with E-state index >= 15 is 0 Å². The number of amides is 1. The van der Waals surface area contributed by atoms with Gasteiger partial charge in [0, 0.05) is 5.02 Å². The molecule has 0 aliphatic carbocycles. The zero-order valence-corrected chi connectivity index (χ0v) is 13.5. The van der Waals surface area contributed by atoms with Crippen LogP contribution in [-0.2, 0) is 4.79 Å². The number of nitrogens with zero attached hydrogens (tertiary/aromatic N) is 1. The Morgan fingerprint density at radius 3 is 2.75 bits per heavy atom. The van der Waals surface area contributed by atoms with Gasteiger partial charge in [-0.15, -0.1) is 0 Å². The Hall–Kier alpha value is -2.73. The molecule has 0 spiro atoms. The van der Waals surface area contributed by atoms with E-state index in [-0.39, 0.29) is 12.1 Å². The lowest BCUT2D eigenvalue weighted by Crippen LogP contribution is -2.47. The van der Waals surface area contributed by atoms with Gasteiger partial charge in [-0.25, -0.2) is 4.79 Å². The van der Waals surface area contributed by atoms with E-state index in [0.717, 1.165) is 0 Å². The Labute approximate surface area is 143 Å². The van der Waals surface area contributed by atoms with E-state index in [0.29, 0.717) is 22.2 Å². The number of ether oxygens (including phenoxy) is 2. The zero-order valence-electron chi connectivity index (χ0n) is 12.7. The van der Waals surface area contributed by atoms with Gasteiger partial charge in [0.15, 0.2) is 0 Å². The number of fused-ring (bicyclic) bond motifs is 1. The lowest BCUT2D eigenvalue weighted by Gasteiger charge is -2.33. The smallest absolute Gasteiger partial charge is 0.346 e. The van der Waals surface area contributed by atoms with Crippen molar-refractivity contribution in [2.24, 2.45) is 0 Å². The van der Waals surface area contributed by atoms with Crippen LogP contribution in [0.5, 0.6) is 11.5 Å². The van der Waals surface area contributed by atoms with Crippen LogP contribution in [0.4, 0.5) is 5.69 Å². The number of carboxylic acids is 1. The van der Waals surface area contributed by atoms with Crippen molar-refractivity contribution in [2.45, 2.75) is 6.10 Å². The minimum absolute atomic E-state index is 0.110. The molecule has 1 atom stereocenters. The summed E-state index contributed by atoms with van der Waals surface area (Å²) in [6, 6.07) is 11.5. The summed E-state index contributed by atoms with van der Waals surface area (Å²) in [6.07, 6.45) is -1.14. The minimum atomic E-state index is -1.14. The summed E-state index contributed by atoms with van der Waals surface area (Å²) in [7, 11) is 1.45. The number of anilines is 1. The van der Waals surface area contributed by atoms with E-state index in [1.54, 1.807) is 36.4 Å². The summed E-state index contributed by atoms with van der Waals surface area (Å²) in [5, 5.41) is 9.65. The topological polar surface area (TPSA) is 76.1 Å². The van der Waals surface area contributed by atoms with E-state index in [4.69, 9.17) is 21.1 Å². The number of carbonyl (C=O) groups excluding carboxylic acids is 1. The third-order valence-electron chi connectivity index (χ3n) is 3.69. The lowest BCUT2D eigenvalue weighted by atomic mass is 10.1. The highest BCUT2D eigenvalue weighted by Gasteiger charge is 2.34. The van der Waals surface area contributed by atoms with Gasteiger partial charge in [0.05, 0.1) is 24.9 Å². The number of halogens is 1. The Bertz CT molecular complexity index is 807. The van der Waals surface area contributed by atoms with Crippen LogP contribution >= 0.6 is 11.6 Å². The summed E-state index contributed by atoms with van der Waals surface area (Å²) in [6.45, 7) is -0.110. The maximum atomic E-state index is 13.0. The number of aliphatic carboxylic acids is 1. The second-order valence-corrected chi connectivity index (χ2v) is 5.61. The van der Waals surface area contributed by atoms with Crippen LogP contribution in [0.25, 0.3) is 0 Å². The molecule has 124 valence electrons. The number of hydrogen-bond acceptors (Lipinski definition) is 4. The molecule has 7 heteroatoms. The van der Waals surface area contributed by atoms with Gasteiger partial charge >= 0.3 is 5.97 Å². The summed E-state index contributed by atoms with van der Waals surface area (Å²) in [4.78, 5) is 25.7. The lowest BCUT2D eigenvalue weighted by molar-refractivity contribution is -0.144. The van der Waals surface area contributed by atoms with Gasteiger partial charge in [0.2, 0.25) is 6.10 Å². The Morgan fingerprint density at radius 1 is 1.29 bits per heavy atom. The molecule has 2 aromatic carbocycles. The normalized spacial score (nSPS) is 16.1. The van der Waals surface area contributed by atoms with Crippen molar-refractivity contribution in [1.29, 1.82) is 0 Å². The molecule has 6 nitrogen and oxygen atoms in total. The summed E-state index contributed by atoms with van der Waals surface area (Å²) < 4.78 is 10.7. The molecule has 24 heavy (non-hydrogen) atoms. The van der Waals surface area contributed by atoms with Crippen molar-refractivity contribution in [2.75, 3.05) is 18.6 Å². The molecule has 0 saturated heterocycles. The van der Waals surface area contributed by atoms with Gasteiger partial charge in [-0.05, 0) is 30.3 Å². The molecular weight excluding hydrogens is 334 g/mol. The quantitative estimate of drug-likeness (QED) is 0.924. The Balaban J connectivity index is 2.06. The first kappa shape index (κ1) is 16.1. The fourth-order valence-electron chi connectivity index (χ4n) is 2.55. The Kier molecular flexibility index (Phi) is 4.31. The molecule has 1 heterocycles. The second kappa shape index (κ2) is 6.41. The molecule has 1 amide bonds. The number of carbonyl (C=O) groups is 2. The van der Waals surface area contributed by atoms with E-state index < -0.39 is 18.0 Å². The Morgan fingerprint density at radius 2 is 2.04 bits per heavy atom. The molecule has 1 aliphatic rings. The van der Waals surface area contributed by atoms with E-state index in [1.165, 1.54) is 18.1 Å². The van der Waals surface area contributed by atoms with Crippen molar-refractivity contribution in [3.63, 3.8) is 0 Å². The summed E-state index contributed by atoms with van der Waals surface area (Å²) >= 11 is 5.99. The fraction of sp³-hybridized carbons (Fsp3) is 0.176. The highest BCUT2D eigenvalue weighted by atomic mass is 35.5. The number of carboxylic acid groups (broad SMARTS) is 1. The predicted molar refractivity (Wildman–Crippen MR) is 88.2 cm³/mol. The number of para-hydroxylation sites is 2. The maximum absolute atomic E-state index is 13.0. The highest BCUT2D eigenvalue weighted by molar-refractivity contribution is 6.31. The molecule has 0 aromatic heterocycles. The average molecular weight is 348 g/mol. The molecule has 1 aliphatic heterocycles. The molecule has 1 unspecified atom stereocenters. The van der Waals surface area contributed by atoms with Crippen LogP contribution in [0, 0.1) is 0 Å². The van der Waals surface area contributed by atoms with Crippen molar-refractivity contribution < 1.29 is 24.2 Å². The number of rotatable bonds is 3. The number of hydrogen-bond donors (Lipinski definition) is 1. The summed E-state index contributed by atoms with van der Waals surface area (Å²) in [5.41, 5.74) is 0.757. The standard InChI is InChI=1S/C17H14ClNO5/c1-23-13-7-6-10(18)8-11(13)16(20)19-9-15(17(21)22)24-14-5-3-2-4-12(14)19/h2-8,15H,9H2,1H3,(H,21,22). The molecule has 3 rings (SSSR count). The predicted octanol–water partition coefficient (Wildman–Crippen LogP) is 2.84. The first-order valence-electron chi connectivity index (χ1n) is 7.15. The maximum Gasteiger partial charge on any atom is 0.346 e. The van der Waals surface area contributed by atoms with E-state index in [2.05, 4.69) is 0 Å². The fourth-order valence-corrected chi connectivity index (χ4v) is 2.72. The van der Waals surface area contributed by atoms with Crippen molar-refractivity contribution in [1.82, 2.24) is 0 Å². The monoisotopic (exact) mass is 347 g/mol. The molecule has 0 radical (unpaired) electrons. The number of benzene rings is 2. The molecule has 0 saturated carbocycles. The number of methoxy groups -OCH3 is 1. The van der Waals surface area contributed by atoms with Crippen LogP contribution in [0.1, 0.15) is 10.4 Å². The second-order valence-electron chi connectivity index (χ2n) is 5.17. The largest absolute Gasteiger partial charge is 0.496 e. The van der Waals surface area contributed by atoms with Crippen LogP contribution in [0.2, 0.25) is 5.02 Å². The third kappa shape index (κ3) is 2.88. The van der Waals surface area contributed by atoms with E-state index in [1.807, 2.05) is 0 Å².